The molecule has 5 nitrogen and oxygen atoms in total. The molecule has 0 spiro atoms. The Hall–Kier alpha value is -0.850. The molecular weight excluding hydrogens is 286 g/mol. The van der Waals surface area contributed by atoms with Gasteiger partial charge < -0.3 is 9.88 Å². The molecule has 1 aromatic heterocycles. The Morgan fingerprint density at radius 2 is 2.10 bits per heavy atom. The predicted octanol–water partition coefficient (Wildman–Crippen LogP) is 2.18. The summed E-state index contributed by atoms with van der Waals surface area (Å²) in [5.74, 6) is 0. The second-order valence-corrected chi connectivity index (χ2v) is 8.25. The van der Waals surface area contributed by atoms with Crippen molar-refractivity contribution in [3.05, 3.63) is 18.0 Å². The van der Waals surface area contributed by atoms with Gasteiger partial charge in [-0.05, 0) is 46.2 Å². The molecule has 0 aromatic carbocycles. The smallest absolute Gasteiger partial charge is 0.245 e. The summed E-state index contributed by atoms with van der Waals surface area (Å²) in [7, 11) is -1.52. The summed E-state index contributed by atoms with van der Waals surface area (Å²) in [6, 6.07) is 1.82. The molecule has 1 fully saturated rings. The van der Waals surface area contributed by atoms with E-state index in [0.717, 1.165) is 31.5 Å². The number of nitrogens with one attached hydrogen (secondary N) is 1. The first-order valence-corrected chi connectivity index (χ1v) is 9.13. The Bertz CT molecular complexity index is 567. The minimum absolute atomic E-state index is 0.283. The molecule has 120 valence electrons. The molecular formula is C15H27N3O2S. The zero-order valence-electron chi connectivity index (χ0n) is 13.5. The van der Waals surface area contributed by atoms with Crippen molar-refractivity contribution in [3.63, 3.8) is 0 Å². The van der Waals surface area contributed by atoms with E-state index in [1.165, 1.54) is 0 Å². The summed E-state index contributed by atoms with van der Waals surface area (Å²) in [4.78, 5) is 0.427. The van der Waals surface area contributed by atoms with Crippen LogP contribution in [0.15, 0.2) is 17.2 Å². The largest absolute Gasteiger partial charge is 0.349 e. The number of sulfonamides is 1. The Morgan fingerprint density at radius 1 is 1.38 bits per heavy atom. The van der Waals surface area contributed by atoms with Crippen molar-refractivity contribution in [2.45, 2.75) is 63.6 Å². The van der Waals surface area contributed by atoms with Crippen LogP contribution in [0.2, 0.25) is 0 Å². The van der Waals surface area contributed by atoms with Crippen LogP contribution in [0.25, 0.3) is 0 Å². The number of hydrogen-bond acceptors (Lipinski definition) is 3. The highest BCUT2D eigenvalue weighted by Crippen LogP contribution is 2.34. The molecule has 2 heterocycles. The molecule has 1 aliphatic heterocycles. The Morgan fingerprint density at radius 3 is 2.62 bits per heavy atom. The number of nitrogens with zero attached hydrogens (tertiary/aromatic N) is 2. The molecule has 1 aromatic rings. The van der Waals surface area contributed by atoms with Crippen LogP contribution in [0, 0.1) is 0 Å². The van der Waals surface area contributed by atoms with Crippen LogP contribution in [0.4, 0.5) is 0 Å². The summed E-state index contributed by atoms with van der Waals surface area (Å²) in [6.07, 6.45) is 4.64. The number of aryl methyl sites for hydroxylation is 1. The summed E-state index contributed by atoms with van der Waals surface area (Å²) in [6.45, 7) is 8.26. The Labute approximate surface area is 128 Å². The highest BCUT2D eigenvalue weighted by atomic mass is 32.2. The zero-order chi connectivity index (χ0) is 15.7. The summed E-state index contributed by atoms with van der Waals surface area (Å²) >= 11 is 0. The van der Waals surface area contributed by atoms with Crippen LogP contribution < -0.4 is 5.32 Å². The maximum Gasteiger partial charge on any atom is 0.245 e. The molecule has 2 rings (SSSR count). The van der Waals surface area contributed by atoms with E-state index in [4.69, 9.17) is 0 Å². The second-order valence-electron chi connectivity index (χ2n) is 6.38. The molecule has 1 aliphatic rings. The number of hydrogen-bond donors (Lipinski definition) is 1. The molecule has 0 aliphatic carbocycles. The maximum atomic E-state index is 12.9. The topological polar surface area (TPSA) is 54.3 Å². The van der Waals surface area contributed by atoms with Gasteiger partial charge >= 0.3 is 0 Å². The van der Waals surface area contributed by atoms with Crippen LogP contribution in [0.1, 0.15) is 45.7 Å². The van der Waals surface area contributed by atoms with E-state index in [1.807, 2.05) is 31.5 Å². The Kier molecular flexibility index (Phi) is 4.80. The van der Waals surface area contributed by atoms with Crippen LogP contribution in [-0.4, -0.2) is 36.4 Å². The third-order valence-electron chi connectivity index (χ3n) is 4.20. The van der Waals surface area contributed by atoms with E-state index in [-0.39, 0.29) is 5.54 Å². The number of rotatable bonds is 6. The third-order valence-corrected chi connectivity index (χ3v) is 6.27. The summed E-state index contributed by atoms with van der Waals surface area (Å²) in [5.41, 5.74) is 0.740. The monoisotopic (exact) mass is 313 g/mol. The molecule has 0 bridgehead atoms. The van der Waals surface area contributed by atoms with Gasteiger partial charge in [-0.2, -0.15) is 4.31 Å². The van der Waals surface area contributed by atoms with E-state index in [9.17, 15) is 8.42 Å². The fourth-order valence-corrected chi connectivity index (χ4v) is 5.01. The van der Waals surface area contributed by atoms with Crippen LogP contribution >= 0.6 is 0 Å². The van der Waals surface area contributed by atoms with Crippen LogP contribution in [0.5, 0.6) is 0 Å². The van der Waals surface area contributed by atoms with E-state index in [1.54, 1.807) is 10.5 Å². The molecule has 0 unspecified atom stereocenters. The second kappa shape index (κ2) is 6.10. The van der Waals surface area contributed by atoms with Crippen molar-refractivity contribution >= 4 is 10.0 Å². The predicted molar refractivity (Wildman–Crippen MR) is 84.7 cm³/mol. The van der Waals surface area contributed by atoms with E-state index >= 15 is 0 Å². The lowest BCUT2D eigenvalue weighted by molar-refractivity contribution is 0.291. The van der Waals surface area contributed by atoms with Gasteiger partial charge in [-0.3, -0.25) is 0 Å². The highest BCUT2D eigenvalue weighted by Gasteiger charge is 2.41. The minimum atomic E-state index is -3.40. The highest BCUT2D eigenvalue weighted by molar-refractivity contribution is 7.89. The van der Waals surface area contributed by atoms with Gasteiger partial charge in [0, 0.05) is 37.1 Å². The van der Waals surface area contributed by atoms with E-state index in [2.05, 4.69) is 12.2 Å². The first-order valence-electron chi connectivity index (χ1n) is 7.69. The minimum Gasteiger partial charge on any atom is -0.349 e. The van der Waals surface area contributed by atoms with Gasteiger partial charge in [-0.15, -0.1) is 0 Å². The first kappa shape index (κ1) is 16.5. The van der Waals surface area contributed by atoms with Gasteiger partial charge in [0.15, 0.2) is 0 Å². The van der Waals surface area contributed by atoms with Gasteiger partial charge in [0.1, 0.15) is 4.90 Å². The molecule has 21 heavy (non-hydrogen) atoms. The van der Waals surface area contributed by atoms with Crippen molar-refractivity contribution in [1.29, 1.82) is 0 Å². The normalized spacial score (nSPS) is 19.2. The average Bonchev–Trinajstić information content (AvgIpc) is 2.95. The third kappa shape index (κ3) is 3.17. The lowest BCUT2D eigenvalue weighted by atomic mass is 10.0. The van der Waals surface area contributed by atoms with Crippen molar-refractivity contribution in [2.75, 3.05) is 13.6 Å². The maximum absolute atomic E-state index is 12.9. The fraction of sp³-hybridized carbons (Fsp3) is 0.733. The molecule has 6 heteroatoms. The summed E-state index contributed by atoms with van der Waals surface area (Å²) in [5, 5.41) is 3.10. The molecule has 0 amide bonds. The molecule has 0 atom stereocenters. The van der Waals surface area contributed by atoms with Gasteiger partial charge in [0.25, 0.3) is 0 Å². The molecule has 1 saturated heterocycles. The first-order chi connectivity index (χ1) is 9.82. The van der Waals surface area contributed by atoms with Gasteiger partial charge in [0.2, 0.25) is 10.0 Å². The lowest BCUT2D eigenvalue weighted by Crippen LogP contribution is -2.42. The van der Waals surface area contributed by atoms with Gasteiger partial charge in [-0.25, -0.2) is 8.42 Å². The quantitative estimate of drug-likeness (QED) is 0.876. The lowest BCUT2D eigenvalue weighted by Gasteiger charge is -2.30. The van der Waals surface area contributed by atoms with Crippen molar-refractivity contribution in [1.82, 2.24) is 14.2 Å². The van der Waals surface area contributed by atoms with Gasteiger partial charge in [-0.1, -0.05) is 6.92 Å². The van der Waals surface area contributed by atoms with Crippen molar-refractivity contribution in [3.8, 4) is 0 Å². The molecule has 0 saturated carbocycles. The SMILES string of the molecule is CCCn1cc(S(=O)(=O)N2CCCC2(C)C)cc1CNC. The zero-order valence-corrected chi connectivity index (χ0v) is 14.3. The standard InChI is InChI=1S/C15H27N3O2S/c1-5-8-17-12-14(10-13(17)11-16-4)21(19,20)18-9-6-7-15(18,2)3/h10,12,16H,5-9,11H2,1-4H3. The van der Waals surface area contributed by atoms with Crippen LogP contribution in [0.3, 0.4) is 0 Å². The molecule has 0 radical (unpaired) electrons. The van der Waals surface area contributed by atoms with Gasteiger partial charge in [0.05, 0.1) is 0 Å². The van der Waals surface area contributed by atoms with E-state index in [0.29, 0.717) is 18.0 Å². The average molecular weight is 313 g/mol. The molecule has 1 N–H and O–H groups in total. The van der Waals surface area contributed by atoms with Crippen LogP contribution in [-0.2, 0) is 23.1 Å². The van der Waals surface area contributed by atoms with E-state index < -0.39 is 10.0 Å². The van der Waals surface area contributed by atoms with Crippen molar-refractivity contribution < 1.29 is 8.42 Å². The Balaban J connectivity index is 2.38. The fourth-order valence-electron chi connectivity index (χ4n) is 3.10. The van der Waals surface area contributed by atoms with Crippen molar-refractivity contribution in [2.24, 2.45) is 0 Å². The number of aromatic nitrogens is 1. The summed E-state index contributed by atoms with van der Waals surface area (Å²) < 4.78 is 29.5.